The molecular formula is C31H46O6S. The summed E-state index contributed by atoms with van der Waals surface area (Å²) in [7, 11) is -4.55. The molecule has 7 heteroatoms. The minimum Gasteiger partial charge on any atom is -0.508 e. The Morgan fingerprint density at radius 1 is 1.13 bits per heavy atom. The predicted octanol–water partition coefficient (Wildman–Crippen LogP) is 8.04. The van der Waals surface area contributed by atoms with Crippen LogP contribution in [-0.2, 0) is 21.0 Å². The van der Waals surface area contributed by atoms with Crippen molar-refractivity contribution in [3.8, 4) is 11.5 Å². The second kappa shape index (κ2) is 12.3. The smallest absolute Gasteiger partial charge is 0.445 e. The van der Waals surface area contributed by atoms with Gasteiger partial charge in [0.15, 0.2) is 0 Å². The second-order valence-corrected chi connectivity index (χ2v) is 13.4. The standard InChI is InChI=1S/C31H46O6S/c1-22(10-13-25-20-26(32)14-16-28(25)33)8-6-9-24(21-37-38(34,35)36)12-15-27-23(2)11-17-29-30(3,4)18-7-19-31(27,29)5/h10-11,14,16,20-21,27,29,32-33H,6-9,12-13,15,17-19H2,1-5H3,(H,34,35,36)/b22-10+,24-21-/t27-,29?,31+/m0/s1. The Balaban J connectivity index is 1.65. The van der Waals surface area contributed by atoms with Crippen molar-refractivity contribution in [3.05, 3.63) is 58.9 Å². The molecule has 38 heavy (non-hydrogen) atoms. The molecule has 0 saturated heterocycles. The number of aromatic hydroxyl groups is 2. The van der Waals surface area contributed by atoms with Crippen LogP contribution in [0.4, 0.5) is 0 Å². The molecule has 2 aliphatic rings. The molecule has 0 heterocycles. The summed E-state index contributed by atoms with van der Waals surface area (Å²) in [6.07, 6.45) is 15.0. The van der Waals surface area contributed by atoms with E-state index in [1.165, 1.54) is 43.2 Å². The van der Waals surface area contributed by atoms with E-state index >= 15 is 0 Å². The van der Waals surface area contributed by atoms with Gasteiger partial charge in [0.2, 0.25) is 0 Å². The predicted molar refractivity (Wildman–Crippen MR) is 152 cm³/mol. The molecule has 0 radical (unpaired) electrons. The Hall–Kier alpha value is -2.25. The summed E-state index contributed by atoms with van der Waals surface area (Å²) in [5.41, 5.74) is 4.68. The quantitative estimate of drug-likeness (QED) is 0.112. The van der Waals surface area contributed by atoms with Crippen LogP contribution in [-0.4, -0.2) is 23.2 Å². The summed E-state index contributed by atoms with van der Waals surface area (Å²) in [5, 5.41) is 19.7. The van der Waals surface area contributed by atoms with Gasteiger partial charge in [0.25, 0.3) is 0 Å². The highest BCUT2D eigenvalue weighted by Crippen LogP contribution is 2.60. The lowest BCUT2D eigenvalue weighted by atomic mass is 9.48. The number of rotatable bonds is 11. The Morgan fingerprint density at radius 2 is 1.87 bits per heavy atom. The van der Waals surface area contributed by atoms with E-state index in [9.17, 15) is 18.6 Å². The zero-order chi connectivity index (χ0) is 28.1. The molecule has 0 bridgehead atoms. The highest BCUT2D eigenvalue weighted by atomic mass is 32.3. The van der Waals surface area contributed by atoms with Gasteiger partial charge in [-0.1, -0.05) is 50.5 Å². The summed E-state index contributed by atoms with van der Waals surface area (Å²) in [4.78, 5) is 0. The molecule has 6 nitrogen and oxygen atoms in total. The molecule has 1 saturated carbocycles. The molecule has 1 fully saturated rings. The maximum atomic E-state index is 11.3. The number of allylic oxidation sites excluding steroid dienone is 5. The molecule has 0 aromatic heterocycles. The lowest BCUT2D eigenvalue weighted by molar-refractivity contribution is -0.0390. The normalized spacial score (nSPS) is 26.0. The summed E-state index contributed by atoms with van der Waals surface area (Å²) >= 11 is 0. The van der Waals surface area contributed by atoms with E-state index in [-0.39, 0.29) is 16.9 Å². The largest absolute Gasteiger partial charge is 0.508 e. The van der Waals surface area contributed by atoms with Gasteiger partial charge < -0.3 is 14.4 Å². The fourth-order valence-corrected chi connectivity index (χ4v) is 7.37. The summed E-state index contributed by atoms with van der Waals surface area (Å²) in [5.74, 6) is 1.35. The van der Waals surface area contributed by atoms with Gasteiger partial charge in [-0.15, -0.1) is 0 Å². The van der Waals surface area contributed by atoms with Crippen molar-refractivity contribution in [2.75, 3.05) is 0 Å². The average Bonchev–Trinajstić information content (AvgIpc) is 2.81. The Morgan fingerprint density at radius 3 is 2.58 bits per heavy atom. The first kappa shape index (κ1) is 30.3. The van der Waals surface area contributed by atoms with Crippen molar-refractivity contribution in [1.29, 1.82) is 0 Å². The summed E-state index contributed by atoms with van der Waals surface area (Å²) < 4.78 is 36.4. The van der Waals surface area contributed by atoms with Gasteiger partial charge in [-0.05, 0) is 118 Å². The molecule has 0 aliphatic heterocycles. The fraction of sp³-hybridized carbons (Fsp3) is 0.613. The van der Waals surface area contributed by atoms with Crippen molar-refractivity contribution in [3.63, 3.8) is 0 Å². The minimum absolute atomic E-state index is 0.123. The number of benzene rings is 1. The van der Waals surface area contributed by atoms with Crippen molar-refractivity contribution < 1.29 is 27.4 Å². The average molecular weight is 547 g/mol. The van der Waals surface area contributed by atoms with Crippen molar-refractivity contribution >= 4 is 10.4 Å². The van der Waals surface area contributed by atoms with E-state index in [1.807, 2.05) is 13.0 Å². The van der Waals surface area contributed by atoms with Crippen LogP contribution in [0.25, 0.3) is 0 Å². The molecule has 212 valence electrons. The molecule has 3 rings (SSSR count). The van der Waals surface area contributed by atoms with E-state index in [0.29, 0.717) is 42.1 Å². The van der Waals surface area contributed by atoms with E-state index < -0.39 is 10.4 Å². The van der Waals surface area contributed by atoms with Gasteiger partial charge in [-0.25, -0.2) is 0 Å². The molecular weight excluding hydrogens is 500 g/mol. The first-order valence-corrected chi connectivity index (χ1v) is 15.2. The molecule has 1 unspecified atom stereocenters. The number of hydrogen-bond acceptors (Lipinski definition) is 5. The highest BCUT2D eigenvalue weighted by molar-refractivity contribution is 7.81. The van der Waals surface area contributed by atoms with Crippen LogP contribution in [0, 0.1) is 22.7 Å². The van der Waals surface area contributed by atoms with E-state index in [4.69, 9.17) is 8.74 Å². The zero-order valence-electron chi connectivity index (χ0n) is 23.7. The van der Waals surface area contributed by atoms with Gasteiger partial charge in [0.05, 0.1) is 0 Å². The van der Waals surface area contributed by atoms with Gasteiger partial charge in [-0.3, -0.25) is 4.55 Å². The van der Waals surface area contributed by atoms with Crippen LogP contribution >= 0.6 is 0 Å². The first-order chi connectivity index (χ1) is 17.7. The number of hydrogen-bond donors (Lipinski definition) is 3. The van der Waals surface area contributed by atoms with Crippen LogP contribution in [0.2, 0.25) is 0 Å². The Kier molecular flexibility index (Phi) is 9.80. The molecule has 1 aromatic carbocycles. The van der Waals surface area contributed by atoms with Crippen molar-refractivity contribution in [2.24, 2.45) is 22.7 Å². The maximum absolute atomic E-state index is 11.3. The highest BCUT2D eigenvalue weighted by Gasteiger charge is 2.51. The van der Waals surface area contributed by atoms with Crippen molar-refractivity contribution in [1.82, 2.24) is 0 Å². The van der Waals surface area contributed by atoms with Gasteiger partial charge in [0, 0.05) is 5.56 Å². The van der Waals surface area contributed by atoms with Crippen LogP contribution < -0.4 is 0 Å². The molecule has 3 atom stereocenters. The third kappa shape index (κ3) is 7.89. The van der Waals surface area contributed by atoms with Gasteiger partial charge >= 0.3 is 10.4 Å². The van der Waals surface area contributed by atoms with Crippen LogP contribution in [0.3, 0.4) is 0 Å². The lowest BCUT2D eigenvalue weighted by Crippen LogP contribution is -2.48. The van der Waals surface area contributed by atoms with Gasteiger partial charge in [0.1, 0.15) is 17.8 Å². The fourth-order valence-electron chi connectivity index (χ4n) is 7.11. The summed E-state index contributed by atoms with van der Waals surface area (Å²) in [6, 6.07) is 4.51. The Labute approximate surface area is 229 Å². The molecule has 0 spiro atoms. The van der Waals surface area contributed by atoms with Crippen LogP contribution in [0.15, 0.2) is 53.3 Å². The van der Waals surface area contributed by atoms with Crippen molar-refractivity contribution in [2.45, 2.75) is 98.8 Å². The molecule has 3 N–H and O–H groups in total. The topological polar surface area (TPSA) is 104 Å². The lowest BCUT2D eigenvalue weighted by Gasteiger charge is -2.57. The first-order valence-electron chi connectivity index (χ1n) is 13.9. The van der Waals surface area contributed by atoms with Gasteiger partial charge in [-0.2, -0.15) is 8.42 Å². The van der Waals surface area contributed by atoms with E-state index in [2.05, 4.69) is 33.8 Å². The monoisotopic (exact) mass is 546 g/mol. The third-order valence-electron chi connectivity index (χ3n) is 9.19. The van der Waals surface area contributed by atoms with Crippen LogP contribution in [0.5, 0.6) is 11.5 Å². The minimum atomic E-state index is -4.55. The Bertz CT molecular complexity index is 1180. The van der Waals surface area contributed by atoms with Crippen LogP contribution in [0.1, 0.15) is 98.0 Å². The molecule has 0 amide bonds. The third-order valence-corrected chi connectivity index (χ3v) is 9.53. The molecule has 1 aromatic rings. The second-order valence-electron chi connectivity index (χ2n) is 12.4. The number of phenolic OH excluding ortho intramolecular Hbond substituents is 2. The number of fused-ring (bicyclic) bond motifs is 1. The number of phenols is 2. The maximum Gasteiger partial charge on any atom is 0.445 e. The SMILES string of the molecule is CC1=CCC2C(C)(C)CCC[C@]2(C)[C@H]1CC/C(=C\OS(=O)(=O)O)CCC/C(C)=C/Cc1cc(O)ccc1O. The van der Waals surface area contributed by atoms with E-state index in [1.54, 1.807) is 6.07 Å². The zero-order valence-corrected chi connectivity index (χ0v) is 24.5. The molecule has 2 aliphatic carbocycles. The summed E-state index contributed by atoms with van der Waals surface area (Å²) in [6.45, 7) is 11.5. The van der Waals surface area contributed by atoms with E-state index in [0.717, 1.165) is 36.8 Å².